The summed E-state index contributed by atoms with van der Waals surface area (Å²) in [6, 6.07) is 7.78. The first kappa shape index (κ1) is 17.8. The third-order valence-corrected chi connectivity index (χ3v) is 3.30. The first-order valence-electron chi connectivity index (χ1n) is 8.02. The van der Waals surface area contributed by atoms with Crippen LogP contribution in [0.25, 0.3) is 17.0 Å². The Labute approximate surface area is 142 Å². The zero-order valence-electron chi connectivity index (χ0n) is 14.6. The second-order valence-electron chi connectivity index (χ2n) is 6.66. The Morgan fingerprint density at radius 3 is 2.67 bits per heavy atom. The molecule has 0 aliphatic carbocycles. The van der Waals surface area contributed by atoms with E-state index in [1.165, 1.54) is 11.5 Å². The lowest BCUT2D eigenvalue weighted by Crippen LogP contribution is -2.26. The maximum Gasteiger partial charge on any atom is 0.418 e. The number of amides is 1. The molecule has 1 N–H and O–H groups in total. The average Bonchev–Trinajstić information content (AvgIpc) is 2.88. The molecule has 0 unspecified atom stereocenters. The van der Waals surface area contributed by atoms with Crippen molar-refractivity contribution < 1.29 is 14.3 Å². The summed E-state index contributed by atoms with van der Waals surface area (Å²) in [4.78, 5) is 23.0. The molecule has 0 atom stereocenters. The van der Waals surface area contributed by atoms with Gasteiger partial charge in [0.15, 0.2) is 0 Å². The lowest BCUT2D eigenvalue weighted by molar-refractivity contribution is -0.118. The van der Waals surface area contributed by atoms with E-state index in [2.05, 4.69) is 5.32 Å². The third-order valence-electron chi connectivity index (χ3n) is 3.30. The van der Waals surface area contributed by atoms with E-state index in [0.717, 1.165) is 22.9 Å². The van der Waals surface area contributed by atoms with Gasteiger partial charge in [0.25, 0.3) is 0 Å². The first-order chi connectivity index (χ1) is 11.3. The summed E-state index contributed by atoms with van der Waals surface area (Å²) in [6.07, 6.45) is 6.14. The number of nitrogens with one attached hydrogen (secondary N) is 1. The van der Waals surface area contributed by atoms with Crippen LogP contribution in [0.1, 0.15) is 39.7 Å². The summed E-state index contributed by atoms with van der Waals surface area (Å²) in [5, 5.41) is 3.73. The summed E-state index contributed by atoms with van der Waals surface area (Å²) in [7, 11) is 0. The van der Waals surface area contributed by atoms with Crippen molar-refractivity contribution in [3.8, 4) is 0 Å². The zero-order valence-corrected chi connectivity index (χ0v) is 14.6. The molecule has 0 saturated heterocycles. The van der Waals surface area contributed by atoms with Gasteiger partial charge in [-0.25, -0.2) is 4.79 Å². The Morgan fingerprint density at radius 1 is 1.25 bits per heavy atom. The van der Waals surface area contributed by atoms with E-state index in [9.17, 15) is 9.59 Å². The van der Waals surface area contributed by atoms with Gasteiger partial charge in [0.1, 0.15) is 5.60 Å². The number of fused-ring (bicyclic) bond motifs is 1. The van der Waals surface area contributed by atoms with Crippen LogP contribution in [0, 0.1) is 0 Å². The highest BCUT2D eigenvalue weighted by Gasteiger charge is 2.18. The normalized spacial score (nSPS) is 11.8. The van der Waals surface area contributed by atoms with Crippen LogP contribution in [0.3, 0.4) is 0 Å². The van der Waals surface area contributed by atoms with Crippen LogP contribution in [0.4, 0.5) is 4.79 Å². The van der Waals surface area contributed by atoms with Gasteiger partial charge in [-0.2, -0.15) is 0 Å². The van der Waals surface area contributed by atoms with Gasteiger partial charge in [0.05, 0.1) is 5.52 Å². The van der Waals surface area contributed by atoms with Gasteiger partial charge in [0.2, 0.25) is 5.91 Å². The number of hydrogen-bond acceptors (Lipinski definition) is 3. The second-order valence-corrected chi connectivity index (χ2v) is 6.66. The predicted octanol–water partition coefficient (Wildman–Crippen LogP) is 3.96. The number of carbonyl (C=O) groups is 2. The summed E-state index contributed by atoms with van der Waals surface area (Å²) in [5.74, 6) is -0.0201. The van der Waals surface area contributed by atoms with Crippen LogP contribution >= 0.6 is 0 Å². The van der Waals surface area contributed by atoms with Crippen molar-refractivity contribution in [3.63, 3.8) is 0 Å². The molecule has 0 spiro atoms. The Morgan fingerprint density at radius 2 is 2.00 bits per heavy atom. The van der Waals surface area contributed by atoms with E-state index >= 15 is 0 Å². The van der Waals surface area contributed by atoms with Crippen LogP contribution in [0.5, 0.6) is 0 Å². The molecule has 0 aliphatic rings. The van der Waals surface area contributed by atoms with Crippen LogP contribution in [0.2, 0.25) is 0 Å². The monoisotopic (exact) mass is 328 g/mol. The van der Waals surface area contributed by atoms with Crippen LogP contribution in [-0.2, 0) is 9.53 Å². The van der Waals surface area contributed by atoms with Gasteiger partial charge < -0.3 is 10.1 Å². The number of carbonyl (C=O) groups excluding carboxylic acids is 2. The Balaban J connectivity index is 2.09. The zero-order chi connectivity index (χ0) is 17.7. The molecule has 0 fully saturated rings. The number of rotatable bonds is 4. The Bertz CT molecular complexity index is 767. The third kappa shape index (κ3) is 4.98. The molecule has 1 amide bonds. The van der Waals surface area contributed by atoms with Crippen LogP contribution in [0.15, 0.2) is 36.5 Å². The molecule has 1 aromatic carbocycles. The molecule has 2 aromatic rings. The van der Waals surface area contributed by atoms with E-state index in [1.807, 2.05) is 57.2 Å². The van der Waals surface area contributed by atoms with Gasteiger partial charge in [-0.15, -0.1) is 0 Å². The lowest BCUT2D eigenvalue weighted by atomic mass is 10.1. The molecule has 0 aliphatic heterocycles. The molecular weight excluding hydrogens is 304 g/mol. The quantitative estimate of drug-likeness (QED) is 0.864. The predicted molar refractivity (Wildman–Crippen MR) is 95.9 cm³/mol. The largest absolute Gasteiger partial charge is 0.443 e. The maximum atomic E-state index is 12.2. The van der Waals surface area contributed by atoms with Crippen molar-refractivity contribution in [2.24, 2.45) is 0 Å². The fraction of sp³-hybridized carbons (Fsp3) is 0.368. The first-order valence-corrected chi connectivity index (χ1v) is 8.02. The van der Waals surface area contributed by atoms with Crippen molar-refractivity contribution in [2.75, 3.05) is 6.54 Å². The lowest BCUT2D eigenvalue weighted by Gasteiger charge is -2.19. The minimum absolute atomic E-state index is 0.0201. The van der Waals surface area contributed by atoms with E-state index in [0.29, 0.717) is 6.54 Å². The van der Waals surface area contributed by atoms with Gasteiger partial charge in [-0.1, -0.05) is 18.2 Å². The van der Waals surface area contributed by atoms with Gasteiger partial charge >= 0.3 is 6.09 Å². The van der Waals surface area contributed by atoms with Gasteiger partial charge in [-0.05, 0) is 51.0 Å². The van der Waals surface area contributed by atoms with E-state index in [4.69, 9.17) is 4.74 Å². The highest BCUT2D eigenvalue weighted by Crippen LogP contribution is 2.20. The molecule has 0 radical (unpaired) electrons. The molecule has 128 valence electrons. The van der Waals surface area contributed by atoms with Gasteiger partial charge in [0, 0.05) is 25.1 Å². The highest BCUT2D eigenvalue weighted by molar-refractivity contribution is 5.90. The molecule has 0 bridgehead atoms. The Hall–Kier alpha value is -2.56. The number of benzene rings is 1. The Kier molecular flexibility index (Phi) is 5.44. The fourth-order valence-corrected chi connectivity index (χ4v) is 2.29. The second kappa shape index (κ2) is 7.34. The number of ether oxygens (including phenoxy) is 1. The molecule has 0 saturated carbocycles. The van der Waals surface area contributed by atoms with Crippen LogP contribution < -0.4 is 5.32 Å². The molecule has 5 nitrogen and oxygen atoms in total. The van der Waals surface area contributed by atoms with Crippen molar-refractivity contribution in [2.45, 2.75) is 39.7 Å². The summed E-state index contributed by atoms with van der Waals surface area (Å²) >= 11 is 0. The maximum absolute atomic E-state index is 12.2. The van der Waals surface area contributed by atoms with Crippen molar-refractivity contribution in [1.82, 2.24) is 9.88 Å². The molecule has 1 heterocycles. The van der Waals surface area contributed by atoms with Gasteiger partial charge in [-0.3, -0.25) is 9.36 Å². The molecular formula is C19H24N2O3. The summed E-state index contributed by atoms with van der Waals surface area (Å²) in [6.45, 7) is 7.68. The van der Waals surface area contributed by atoms with Crippen molar-refractivity contribution in [1.29, 1.82) is 0 Å². The minimum atomic E-state index is -0.524. The summed E-state index contributed by atoms with van der Waals surface area (Å²) in [5.41, 5.74) is 1.34. The van der Waals surface area contributed by atoms with Crippen molar-refractivity contribution in [3.05, 3.63) is 42.1 Å². The molecule has 2 rings (SSSR count). The molecule has 5 heteroatoms. The van der Waals surface area contributed by atoms with E-state index in [1.54, 1.807) is 6.20 Å². The highest BCUT2D eigenvalue weighted by atomic mass is 16.6. The molecule has 24 heavy (non-hydrogen) atoms. The smallest absolute Gasteiger partial charge is 0.418 e. The minimum Gasteiger partial charge on any atom is -0.443 e. The fourth-order valence-electron chi connectivity index (χ4n) is 2.29. The number of nitrogens with zero attached hydrogens (tertiary/aromatic N) is 1. The van der Waals surface area contributed by atoms with E-state index < -0.39 is 5.60 Å². The molecule has 1 aromatic heterocycles. The van der Waals surface area contributed by atoms with Crippen molar-refractivity contribution >= 4 is 29.0 Å². The average molecular weight is 328 g/mol. The van der Waals surface area contributed by atoms with Crippen LogP contribution in [-0.4, -0.2) is 28.7 Å². The van der Waals surface area contributed by atoms with E-state index in [-0.39, 0.29) is 12.0 Å². The number of aromatic nitrogens is 1. The number of hydrogen-bond donors (Lipinski definition) is 1. The summed E-state index contributed by atoms with van der Waals surface area (Å²) < 4.78 is 6.93. The topological polar surface area (TPSA) is 60.3 Å². The standard InChI is InChI=1S/C19H24N2O3/c1-14(22)20-11-6-5-7-15-8-9-17-16(13-15)10-12-21(17)18(23)24-19(2,3)4/h5,7-10,12-13H,6,11H2,1-4H3,(H,20,22). The SMILES string of the molecule is CC(=O)NCCC=Cc1ccc2c(ccn2C(=O)OC(C)(C)C)c1.